The SMILES string of the molecule is CCc1cccc(-n2nnn(C)c2=O)c1COc1ccc(Oc2ccccn2)cc1C.Cc1cc(Oc2ccccn2)ccc1OCc1c(C)cccc1-n1nnn(C)c1=O.Cc1cc(Oc2ncccn2)ccc1OCc1c(C)cccc1-n1nnn(C)c1=O. The van der Waals surface area contributed by atoms with Crippen molar-refractivity contribution in [1.82, 2.24) is 79.3 Å². The summed E-state index contributed by atoms with van der Waals surface area (Å²) in [5.41, 5.74) is 9.50. The molecule has 0 aliphatic rings. The third kappa shape index (κ3) is 15.1. The summed E-state index contributed by atoms with van der Waals surface area (Å²) >= 11 is 0. The monoisotopic (exact) mass is 1220 g/mol. The Kier molecular flexibility index (Phi) is 19.6. The Hall–Kier alpha value is -11.9. The molecule has 0 spiro atoms. The van der Waals surface area contributed by atoms with Gasteiger partial charge >= 0.3 is 23.1 Å². The average Bonchev–Trinajstić information content (AvgIpc) is 1.94. The fraction of sp³-hybridized carbons (Fsp3) is 0.197. The minimum absolute atomic E-state index is 0.272. The van der Waals surface area contributed by atoms with Crippen molar-refractivity contribution in [3.8, 4) is 69.3 Å². The molecule has 0 fully saturated rings. The van der Waals surface area contributed by atoms with E-state index in [0.29, 0.717) is 58.4 Å². The molecule has 0 bridgehead atoms. The summed E-state index contributed by atoms with van der Waals surface area (Å²) in [4.78, 5) is 53.4. The highest BCUT2D eigenvalue weighted by atomic mass is 16.5. The van der Waals surface area contributed by atoms with Crippen LogP contribution in [0.2, 0.25) is 0 Å². The van der Waals surface area contributed by atoms with Crippen LogP contribution in [-0.4, -0.2) is 79.3 Å². The molecular weight excluding hydrogens is 1160 g/mol. The van der Waals surface area contributed by atoms with Gasteiger partial charge in [-0.1, -0.05) is 55.5 Å². The van der Waals surface area contributed by atoms with Crippen molar-refractivity contribution in [2.24, 2.45) is 21.1 Å². The maximum atomic E-state index is 12.4. The molecule has 0 saturated carbocycles. The molecule has 0 saturated heterocycles. The highest BCUT2D eigenvalue weighted by Crippen LogP contribution is 2.32. The van der Waals surface area contributed by atoms with Crippen LogP contribution in [0.3, 0.4) is 0 Å². The molecule has 0 aliphatic heterocycles. The number of ether oxygens (including phenoxy) is 6. The van der Waals surface area contributed by atoms with E-state index in [-0.39, 0.29) is 36.3 Å². The van der Waals surface area contributed by atoms with Crippen molar-refractivity contribution < 1.29 is 28.4 Å². The molecule has 0 atom stereocenters. The third-order valence-corrected chi connectivity index (χ3v) is 14.3. The number of hydrogen-bond donors (Lipinski definition) is 0. The summed E-state index contributed by atoms with van der Waals surface area (Å²) in [6, 6.07) is 46.9. The number of aryl methyl sites for hydroxylation is 9. The first-order valence-electron chi connectivity index (χ1n) is 28.7. The largest absolute Gasteiger partial charge is 0.489 e. The Balaban J connectivity index is 0.000000150. The van der Waals surface area contributed by atoms with E-state index in [2.05, 4.69) is 58.1 Å². The van der Waals surface area contributed by atoms with Crippen LogP contribution in [0, 0.1) is 34.6 Å². The number of aromatic nitrogens is 16. The van der Waals surface area contributed by atoms with Crippen LogP contribution < -0.4 is 45.5 Å². The zero-order chi connectivity index (χ0) is 64.0. The molecule has 6 aromatic carbocycles. The van der Waals surface area contributed by atoms with E-state index in [1.807, 2.05) is 162 Å². The molecule has 91 heavy (non-hydrogen) atoms. The Morgan fingerprint density at radius 3 is 1.10 bits per heavy atom. The van der Waals surface area contributed by atoms with Gasteiger partial charge in [0.2, 0.25) is 11.8 Å². The summed E-state index contributed by atoms with van der Waals surface area (Å²) in [6.07, 6.45) is 7.41. The van der Waals surface area contributed by atoms with E-state index in [0.717, 1.165) is 68.0 Å². The van der Waals surface area contributed by atoms with Gasteiger partial charge in [-0.3, -0.25) is 0 Å². The molecule has 25 heteroatoms. The van der Waals surface area contributed by atoms with Gasteiger partial charge in [-0.15, -0.1) is 0 Å². The number of nitrogens with zero attached hydrogens (tertiary/aromatic N) is 16. The van der Waals surface area contributed by atoms with Crippen molar-refractivity contribution >= 4 is 0 Å². The molecule has 462 valence electrons. The highest BCUT2D eigenvalue weighted by Gasteiger charge is 2.19. The molecule has 12 aromatic rings. The van der Waals surface area contributed by atoms with Crippen LogP contribution in [0.4, 0.5) is 0 Å². The lowest BCUT2D eigenvalue weighted by atomic mass is 10.0. The second-order valence-corrected chi connectivity index (χ2v) is 20.6. The Labute approximate surface area is 521 Å². The number of pyridine rings is 2. The normalized spacial score (nSPS) is 10.8. The minimum atomic E-state index is -0.317. The van der Waals surface area contributed by atoms with Gasteiger partial charge in [-0.05, 0) is 197 Å². The van der Waals surface area contributed by atoms with Crippen molar-refractivity contribution in [2.75, 3.05) is 0 Å². The molecular formula is C66H64N16O9. The van der Waals surface area contributed by atoms with Gasteiger partial charge in [0.1, 0.15) is 54.3 Å². The zero-order valence-electron chi connectivity index (χ0n) is 51.4. The summed E-state index contributed by atoms with van der Waals surface area (Å²) in [7, 11) is 4.70. The maximum Gasteiger partial charge on any atom is 0.368 e. The molecule has 0 unspecified atom stereocenters. The smallest absolute Gasteiger partial charge is 0.368 e. The standard InChI is InChI=1S/C23H23N5O3.C22H21N5O3.C21H20N6O3/c1-4-17-8-7-9-20(28-23(29)27(3)25-26-28)19(17)15-30-21-12-11-18(14-16(21)2)31-22-10-5-6-13-24-22;1-15-7-6-8-19(27-22(28)26(3)24-25-27)18(15)14-29-20-11-10-17(13-16(20)2)30-21-9-4-5-12-23-21;1-14-6-4-7-18(27-21(28)26(3)24-25-27)17(14)13-29-19-9-8-16(12-15(19)2)30-20-22-10-5-11-23-20/h5-14H,4,15H2,1-3H3;4-13H,14H2,1-3H3;4-12H,13H2,1-3H3. The fourth-order valence-electron chi connectivity index (χ4n) is 9.35. The predicted molar refractivity (Wildman–Crippen MR) is 336 cm³/mol. The van der Waals surface area contributed by atoms with E-state index in [4.69, 9.17) is 28.4 Å². The summed E-state index contributed by atoms with van der Waals surface area (Å²) in [5, 5.41) is 23.3. The molecule has 12 rings (SSSR count). The van der Waals surface area contributed by atoms with Gasteiger partial charge in [0.25, 0.3) is 0 Å². The van der Waals surface area contributed by atoms with Crippen LogP contribution in [0.1, 0.15) is 57.0 Å². The number of rotatable bonds is 19. The lowest BCUT2D eigenvalue weighted by molar-refractivity contribution is 0.301. The van der Waals surface area contributed by atoms with E-state index in [9.17, 15) is 14.4 Å². The van der Waals surface area contributed by atoms with E-state index < -0.39 is 0 Å². The van der Waals surface area contributed by atoms with Crippen LogP contribution in [0.15, 0.2) is 191 Å². The molecule has 0 amide bonds. The van der Waals surface area contributed by atoms with Crippen molar-refractivity contribution in [2.45, 2.75) is 67.8 Å². The zero-order valence-corrected chi connectivity index (χ0v) is 51.4. The maximum absolute atomic E-state index is 12.4. The lowest BCUT2D eigenvalue weighted by Gasteiger charge is -2.16. The Morgan fingerprint density at radius 2 is 0.736 bits per heavy atom. The Morgan fingerprint density at radius 1 is 0.363 bits per heavy atom. The van der Waals surface area contributed by atoms with E-state index >= 15 is 0 Å². The number of hydrogen-bond acceptors (Lipinski definition) is 19. The predicted octanol–water partition coefficient (Wildman–Crippen LogP) is 9.70. The second-order valence-electron chi connectivity index (χ2n) is 20.6. The van der Waals surface area contributed by atoms with Crippen LogP contribution in [0.5, 0.6) is 52.3 Å². The topological polar surface area (TPSA) is 265 Å². The van der Waals surface area contributed by atoms with Gasteiger partial charge in [-0.2, -0.15) is 28.1 Å². The van der Waals surface area contributed by atoms with Gasteiger partial charge in [0.15, 0.2) is 0 Å². The lowest BCUT2D eigenvalue weighted by Crippen LogP contribution is -2.23. The fourth-order valence-corrected chi connectivity index (χ4v) is 9.35. The molecule has 0 radical (unpaired) electrons. The van der Waals surface area contributed by atoms with Crippen LogP contribution >= 0.6 is 0 Å². The van der Waals surface area contributed by atoms with Crippen molar-refractivity contribution in [3.05, 3.63) is 258 Å². The molecule has 6 heterocycles. The first kappa shape index (κ1) is 62.2. The van der Waals surface area contributed by atoms with Crippen LogP contribution in [-0.2, 0) is 47.4 Å². The molecule has 6 aromatic heterocycles. The van der Waals surface area contributed by atoms with Crippen molar-refractivity contribution in [3.63, 3.8) is 0 Å². The third-order valence-electron chi connectivity index (χ3n) is 14.3. The molecule has 0 N–H and O–H groups in total. The average molecular weight is 1230 g/mol. The number of tetrazole rings is 3. The quantitative estimate of drug-likeness (QED) is 0.0729. The van der Waals surface area contributed by atoms with Gasteiger partial charge < -0.3 is 28.4 Å². The molecule has 25 nitrogen and oxygen atoms in total. The first-order valence-corrected chi connectivity index (χ1v) is 28.7. The summed E-state index contributed by atoms with van der Waals surface area (Å²) in [6.45, 7) is 12.7. The van der Waals surface area contributed by atoms with Gasteiger partial charge in [0, 0.05) is 74.8 Å². The minimum Gasteiger partial charge on any atom is -0.489 e. The van der Waals surface area contributed by atoms with Gasteiger partial charge in [-0.25, -0.2) is 34.3 Å². The van der Waals surface area contributed by atoms with E-state index in [1.54, 1.807) is 70.2 Å². The van der Waals surface area contributed by atoms with Gasteiger partial charge in [0.05, 0.1) is 17.1 Å². The van der Waals surface area contributed by atoms with E-state index in [1.165, 1.54) is 28.1 Å². The Bertz CT molecular complexity index is 4450. The number of benzene rings is 6. The summed E-state index contributed by atoms with van der Waals surface area (Å²) < 4.78 is 42.9. The highest BCUT2D eigenvalue weighted by molar-refractivity contribution is 5.49. The van der Waals surface area contributed by atoms with Crippen LogP contribution in [0.25, 0.3) is 17.1 Å². The first-order chi connectivity index (χ1) is 44.1. The molecule has 0 aliphatic carbocycles. The van der Waals surface area contributed by atoms with Crippen molar-refractivity contribution in [1.29, 1.82) is 0 Å². The summed E-state index contributed by atoms with van der Waals surface area (Å²) in [5.74, 6) is 5.22. The second kappa shape index (κ2) is 28.7.